The number of pyridine rings is 1. The van der Waals surface area contributed by atoms with Crippen molar-refractivity contribution < 1.29 is 5.11 Å². The minimum Gasteiger partial charge on any atom is -0.391 e. The van der Waals surface area contributed by atoms with Gasteiger partial charge in [0.1, 0.15) is 5.82 Å². The molecule has 0 saturated carbocycles. The first kappa shape index (κ1) is 18.6. The molecule has 2 aromatic heterocycles. The van der Waals surface area contributed by atoms with Crippen LogP contribution in [0.1, 0.15) is 16.8 Å². The summed E-state index contributed by atoms with van der Waals surface area (Å²) in [7, 11) is 3.90. The van der Waals surface area contributed by atoms with E-state index in [1.165, 1.54) is 10.9 Å². The normalized spacial score (nSPS) is 19.4. The van der Waals surface area contributed by atoms with Gasteiger partial charge in [0.25, 0.3) is 0 Å². The van der Waals surface area contributed by atoms with Crippen molar-refractivity contribution in [2.45, 2.75) is 26.4 Å². The Bertz CT molecular complexity index is 998. The summed E-state index contributed by atoms with van der Waals surface area (Å²) in [6.07, 6.45) is 2.30. The van der Waals surface area contributed by atoms with Crippen LogP contribution < -0.4 is 9.80 Å². The molecule has 146 valence electrons. The lowest BCUT2D eigenvalue weighted by Gasteiger charge is -2.22. The Labute approximate surface area is 165 Å². The third-order valence-corrected chi connectivity index (χ3v) is 5.68. The molecule has 6 heteroatoms. The maximum Gasteiger partial charge on any atom is 0.227 e. The predicted molar refractivity (Wildman–Crippen MR) is 113 cm³/mol. The number of rotatable bonds is 4. The molecule has 1 N–H and O–H groups in total. The highest BCUT2D eigenvalue weighted by Crippen LogP contribution is 2.30. The second-order valence-electron chi connectivity index (χ2n) is 7.88. The molecule has 1 aliphatic heterocycles. The van der Waals surface area contributed by atoms with E-state index in [0.29, 0.717) is 12.5 Å². The van der Waals surface area contributed by atoms with Crippen molar-refractivity contribution in [3.63, 3.8) is 0 Å². The highest BCUT2D eigenvalue weighted by Gasteiger charge is 2.33. The van der Waals surface area contributed by atoms with Crippen molar-refractivity contribution in [3.8, 4) is 0 Å². The van der Waals surface area contributed by atoms with Gasteiger partial charge in [0, 0.05) is 55.9 Å². The average Bonchev–Trinajstić information content (AvgIpc) is 3.04. The molecule has 0 spiro atoms. The highest BCUT2D eigenvalue weighted by atomic mass is 16.3. The van der Waals surface area contributed by atoms with Crippen LogP contribution >= 0.6 is 0 Å². The summed E-state index contributed by atoms with van der Waals surface area (Å²) in [5, 5.41) is 11.9. The molecule has 0 aliphatic carbocycles. The van der Waals surface area contributed by atoms with Crippen molar-refractivity contribution in [3.05, 3.63) is 53.3 Å². The highest BCUT2D eigenvalue weighted by molar-refractivity contribution is 5.81. The maximum absolute atomic E-state index is 10.8. The fraction of sp³-hybridized carbons (Fsp3) is 0.409. The average molecular weight is 377 g/mol. The molecular weight excluding hydrogens is 350 g/mol. The van der Waals surface area contributed by atoms with Crippen molar-refractivity contribution in [2.24, 2.45) is 5.92 Å². The van der Waals surface area contributed by atoms with Gasteiger partial charge >= 0.3 is 0 Å². The number of fused-ring (bicyclic) bond motifs is 1. The van der Waals surface area contributed by atoms with Gasteiger partial charge < -0.3 is 14.9 Å². The van der Waals surface area contributed by atoms with E-state index in [0.717, 1.165) is 35.6 Å². The molecule has 0 amide bonds. The van der Waals surface area contributed by atoms with Crippen LogP contribution in [0.2, 0.25) is 0 Å². The number of anilines is 2. The number of benzene rings is 1. The van der Waals surface area contributed by atoms with E-state index >= 15 is 0 Å². The maximum atomic E-state index is 10.8. The molecule has 1 saturated heterocycles. The Morgan fingerprint density at radius 3 is 2.68 bits per heavy atom. The SMILES string of the molecule is Cc1nc(N(C)C)nc(N2CC(O)C(Cc3ccnc4ccccc34)C2)c1C. The molecule has 2 atom stereocenters. The molecule has 3 heterocycles. The smallest absolute Gasteiger partial charge is 0.227 e. The molecule has 4 rings (SSSR count). The second-order valence-corrected chi connectivity index (χ2v) is 7.88. The Balaban J connectivity index is 1.60. The molecular formula is C22H27N5O. The third-order valence-electron chi connectivity index (χ3n) is 5.68. The van der Waals surface area contributed by atoms with Gasteiger partial charge in [0.2, 0.25) is 5.95 Å². The lowest BCUT2D eigenvalue weighted by Crippen LogP contribution is -2.25. The van der Waals surface area contributed by atoms with Crippen LogP contribution in [0.5, 0.6) is 0 Å². The number of aromatic nitrogens is 3. The lowest BCUT2D eigenvalue weighted by molar-refractivity contribution is 0.148. The van der Waals surface area contributed by atoms with Gasteiger partial charge in [-0.15, -0.1) is 0 Å². The monoisotopic (exact) mass is 377 g/mol. The minimum atomic E-state index is -0.385. The lowest BCUT2D eigenvalue weighted by atomic mass is 9.94. The topological polar surface area (TPSA) is 65.4 Å². The van der Waals surface area contributed by atoms with Crippen LogP contribution in [0.15, 0.2) is 36.5 Å². The van der Waals surface area contributed by atoms with Gasteiger partial charge in [-0.1, -0.05) is 18.2 Å². The zero-order valence-corrected chi connectivity index (χ0v) is 16.9. The first-order chi connectivity index (χ1) is 13.4. The Kier molecular flexibility index (Phi) is 4.89. The number of hydrogen-bond donors (Lipinski definition) is 1. The number of para-hydroxylation sites is 1. The molecule has 1 aliphatic rings. The van der Waals surface area contributed by atoms with Crippen molar-refractivity contribution in [2.75, 3.05) is 37.0 Å². The van der Waals surface area contributed by atoms with Crippen molar-refractivity contribution in [1.29, 1.82) is 0 Å². The predicted octanol–water partition coefficient (Wildman–Crippen LogP) is 2.75. The van der Waals surface area contributed by atoms with E-state index in [1.54, 1.807) is 0 Å². The fourth-order valence-electron chi connectivity index (χ4n) is 3.95. The van der Waals surface area contributed by atoms with Crippen LogP contribution in [0.3, 0.4) is 0 Å². The zero-order valence-electron chi connectivity index (χ0n) is 16.9. The first-order valence-electron chi connectivity index (χ1n) is 9.72. The van der Waals surface area contributed by atoms with Crippen LogP contribution in [0, 0.1) is 19.8 Å². The van der Waals surface area contributed by atoms with Gasteiger partial charge in [0.15, 0.2) is 0 Å². The van der Waals surface area contributed by atoms with Crippen LogP contribution in [0.4, 0.5) is 11.8 Å². The van der Waals surface area contributed by atoms with E-state index < -0.39 is 0 Å². The number of β-amino-alcohol motifs (C(OH)–C–C–N with tert-alkyl or cyclic N) is 1. The number of aliphatic hydroxyl groups excluding tert-OH is 1. The summed E-state index contributed by atoms with van der Waals surface area (Å²) in [6, 6.07) is 10.3. The molecule has 3 aromatic rings. The molecule has 28 heavy (non-hydrogen) atoms. The quantitative estimate of drug-likeness (QED) is 0.754. The minimum absolute atomic E-state index is 0.156. The fourth-order valence-corrected chi connectivity index (χ4v) is 3.95. The van der Waals surface area contributed by atoms with Crippen molar-refractivity contribution >= 4 is 22.7 Å². The summed E-state index contributed by atoms with van der Waals surface area (Å²) in [5.41, 5.74) is 4.29. The first-order valence-corrected chi connectivity index (χ1v) is 9.72. The molecule has 1 fully saturated rings. The number of nitrogens with zero attached hydrogens (tertiary/aromatic N) is 5. The van der Waals surface area contributed by atoms with E-state index in [1.807, 2.05) is 50.3 Å². The van der Waals surface area contributed by atoms with E-state index in [4.69, 9.17) is 4.98 Å². The third kappa shape index (κ3) is 3.40. The summed E-state index contributed by atoms with van der Waals surface area (Å²) in [4.78, 5) is 17.9. The van der Waals surface area contributed by atoms with Crippen molar-refractivity contribution in [1.82, 2.24) is 15.0 Å². The molecule has 6 nitrogen and oxygen atoms in total. The van der Waals surface area contributed by atoms with Gasteiger partial charge in [-0.25, -0.2) is 4.98 Å². The second kappa shape index (κ2) is 7.36. The van der Waals surface area contributed by atoms with Gasteiger partial charge in [-0.3, -0.25) is 4.98 Å². The molecule has 0 radical (unpaired) electrons. The van der Waals surface area contributed by atoms with E-state index in [9.17, 15) is 5.11 Å². The standard InChI is InChI=1S/C22H27N5O/c1-14-15(2)24-22(26(3)4)25-21(14)27-12-17(20(28)13-27)11-16-9-10-23-19-8-6-5-7-18(16)19/h5-10,17,20,28H,11-13H2,1-4H3. The Morgan fingerprint density at radius 2 is 1.89 bits per heavy atom. The summed E-state index contributed by atoms with van der Waals surface area (Å²) < 4.78 is 0. The number of aryl methyl sites for hydroxylation is 1. The van der Waals surface area contributed by atoms with Crippen LogP contribution in [-0.4, -0.2) is 53.3 Å². The van der Waals surface area contributed by atoms with Gasteiger partial charge in [0.05, 0.1) is 11.6 Å². The summed E-state index contributed by atoms with van der Waals surface area (Å²) in [6.45, 7) is 5.45. The number of aliphatic hydroxyl groups is 1. The zero-order chi connectivity index (χ0) is 19.8. The summed E-state index contributed by atoms with van der Waals surface area (Å²) >= 11 is 0. The number of hydrogen-bond acceptors (Lipinski definition) is 6. The van der Waals surface area contributed by atoms with E-state index in [-0.39, 0.29) is 12.0 Å². The van der Waals surface area contributed by atoms with Gasteiger partial charge in [-0.2, -0.15) is 4.98 Å². The molecule has 0 bridgehead atoms. The van der Waals surface area contributed by atoms with E-state index in [2.05, 4.69) is 33.9 Å². The molecule has 2 unspecified atom stereocenters. The summed E-state index contributed by atoms with van der Waals surface area (Å²) in [5.74, 6) is 1.79. The van der Waals surface area contributed by atoms with Gasteiger partial charge in [-0.05, 0) is 38.0 Å². The molecule has 1 aromatic carbocycles. The van der Waals surface area contributed by atoms with Crippen LogP contribution in [-0.2, 0) is 6.42 Å². The Hall–Kier alpha value is -2.73. The van der Waals surface area contributed by atoms with Crippen LogP contribution in [0.25, 0.3) is 10.9 Å². The Morgan fingerprint density at radius 1 is 1.11 bits per heavy atom. The largest absolute Gasteiger partial charge is 0.391 e.